The Kier molecular flexibility index (Phi) is 3.42. The van der Waals surface area contributed by atoms with Crippen LogP contribution in [0.4, 0.5) is 11.6 Å². The number of amides is 1. The van der Waals surface area contributed by atoms with Gasteiger partial charge in [0.2, 0.25) is 11.9 Å². The molecule has 0 saturated carbocycles. The smallest absolute Gasteiger partial charge is 0.236 e. The molecule has 2 N–H and O–H groups in total. The fourth-order valence-corrected chi connectivity index (χ4v) is 4.95. The van der Waals surface area contributed by atoms with Crippen LogP contribution in [0.3, 0.4) is 0 Å². The van der Waals surface area contributed by atoms with Gasteiger partial charge in [0.15, 0.2) is 5.82 Å². The maximum absolute atomic E-state index is 12.9. The molecule has 2 aromatic heterocycles. The number of aromatic nitrogens is 4. The van der Waals surface area contributed by atoms with E-state index in [1.54, 1.807) is 0 Å². The van der Waals surface area contributed by atoms with Crippen LogP contribution in [0.2, 0.25) is 0 Å². The molecular formula is C23H22N6O. The van der Waals surface area contributed by atoms with Crippen molar-refractivity contribution < 1.29 is 4.79 Å². The summed E-state index contributed by atoms with van der Waals surface area (Å²) in [5, 5.41) is 13.2. The number of aromatic amines is 1. The van der Waals surface area contributed by atoms with Gasteiger partial charge in [-0.25, -0.2) is 0 Å². The summed E-state index contributed by atoms with van der Waals surface area (Å²) in [5.74, 6) is 1.66. The highest BCUT2D eigenvalue weighted by atomic mass is 16.2. The summed E-state index contributed by atoms with van der Waals surface area (Å²) in [6.45, 7) is 3.45. The van der Waals surface area contributed by atoms with Crippen molar-refractivity contribution in [1.29, 1.82) is 0 Å². The number of nitrogens with one attached hydrogen (secondary N) is 2. The Morgan fingerprint density at radius 2 is 1.97 bits per heavy atom. The van der Waals surface area contributed by atoms with Gasteiger partial charge < -0.3 is 15.2 Å². The monoisotopic (exact) mass is 398 g/mol. The number of nitrogens with zero attached hydrogens (tertiary/aromatic N) is 4. The van der Waals surface area contributed by atoms with Gasteiger partial charge >= 0.3 is 0 Å². The Bertz CT molecular complexity index is 1320. The number of benzene rings is 2. The summed E-state index contributed by atoms with van der Waals surface area (Å²) in [7, 11) is 1.98. The lowest BCUT2D eigenvalue weighted by molar-refractivity contribution is -0.120. The number of hydrogen-bond donors (Lipinski definition) is 2. The van der Waals surface area contributed by atoms with Crippen molar-refractivity contribution in [1.82, 2.24) is 19.7 Å². The SMILES string of the molecule is Cc1ccc2cc(-c3nnc(N4CCC5(C4)C(=O)Nc4ccccc45)n3C)[nH]c2c1. The number of H-pyrrole nitrogens is 1. The number of fused-ring (bicyclic) bond motifs is 3. The molecule has 4 aromatic rings. The van der Waals surface area contributed by atoms with E-state index >= 15 is 0 Å². The molecule has 150 valence electrons. The molecule has 0 radical (unpaired) electrons. The lowest BCUT2D eigenvalue weighted by atomic mass is 9.81. The maximum atomic E-state index is 12.9. The van der Waals surface area contributed by atoms with Crippen LogP contribution < -0.4 is 10.2 Å². The van der Waals surface area contributed by atoms with Gasteiger partial charge in [0, 0.05) is 36.7 Å². The zero-order valence-electron chi connectivity index (χ0n) is 16.9. The number of rotatable bonds is 2. The highest BCUT2D eigenvalue weighted by Gasteiger charge is 2.51. The molecule has 6 rings (SSSR count). The molecule has 7 nitrogen and oxygen atoms in total. The Balaban J connectivity index is 1.35. The van der Waals surface area contributed by atoms with Crippen molar-refractivity contribution in [2.45, 2.75) is 18.8 Å². The minimum absolute atomic E-state index is 0.0829. The first kappa shape index (κ1) is 17.3. The number of para-hydroxylation sites is 1. The van der Waals surface area contributed by atoms with E-state index in [4.69, 9.17) is 0 Å². The van der Waals surface area contributed by atoms with Crippen LogP contribution in [0.25, 0.3) is 22.4 Å². The summed E-state index contributed by atoms with van der Waals surface area (Å²) in [6.07, 6.45) is 0.768. The predicted molar refractivity (Wildman–Crippen MR) is 117 cm³/mol. The third kappa shape index (κ3) is 2.29. The first-order valence-corrected chi connectivity index (χ1v) is 10.2. The average Bonchev–Trinajstić information content (AvgIpc) is 3.48. The second kappa shape index (κ2) is 5.95. The summed E-state index contributed by atoms with van der Waals surface area (Å²) in [6, 6.07) is 16.5. The molecule has 2 aliphatic rings. The second-order valence-corrected chi connectivity index (χ2v) is 8.41. The van der Waals surface area contributed by atoms with Crippen LogP contribution in [0, 0.1) is 6.92 Å². The van der Waals surface area contributed by atoms with E-state index in [1.165, 1.54) is 5.56 Å². The normalized spacial score (nSPS) is 20.3. The molecule has 1 spiro atoms. The molecule has 2 aromatic carbocycles. The van der Waals surface area contributed by atoms with Crippen LogP contribution in [-0.4, -0.2) is 38.7 Å². The summed E-state index contributed by atoms with van der Waals surface area (Å²) in [5.41, 5.74) is 4.75. The van der Waals surface area contributed by atoms with Crippen molar-refractivity contribution in [3.05, 3.63) is 59.7 Å². The molecule has 1 amide bonds. The fraction of sp³-hybridized carbons (Fsp3) is 0.261. The molecule has 0 bridgehead atoms. The van der Waals surface area contributed by atoms with Gasteiger partial charge in [-0.2, -0.15) is 0 Å². The lowest BCUT2D eigenvalue weighted by Crippen LogP contribution is -2.38. The van der Waals surface area contributed by atoms with Crippen LogP contribution >= 0.6 is 0 Å². The molecule has 30 heavy (non-hydrogen) atoms. The molecular weight excluding hydrogens is 376 g/mol. The third-order valence-electron chi connectivity index (χ3n) is 6.55. The number of anilines is 2. The number of hydrogen-bond acceptors (Lipinski definition) is 4. The van der Waals surface area contributed by atoms with E-state index in [2.05, 4.69) is 62.7 Å². The second-order valence-electron chi connectivity index (χ2n) is 8.41. The topological polar surface area (TPSA) is 78.8 Å². The van der Waals surface area contributed by atoms with Crippen molar-refractivity contribution in [2.24, 2.45) is 7.05 Å². The molecule has 1 saturated heterocycles. The highest BCUT2D eigenvalue weighted by Crippen LogP contribution is 2.45. The minimum atomic E-state index is -0.513. The fourth-order valence-electron chi connectivity index (χ4n) is 4.95. The molecule has 4 heterocycles. The summed E-state index contributed by atoms with van der Waals surface area (Å²) >= 11 is 0. The first-order chi connectivity index (χ1) is 14.5. The lowest BCUT2D eigenvalue weighted by Gasteiger charge is -2.22. The van der Waals surface area contributed by atoms with Crippen molar-refractivity contribution in [3.8, 4) is 11.5 Å². The minimum Gasteiger partial charge on any atom is -0.352 e. The average molecular weight is 398 g/mol. The third-order valence-corrected chi connectivity index (χ3v) is 6.55. The standard InChI is InChI=1S/C23H22N6O/c1-14-7-8-15-12-19(24-18(15)11-14)20-26-27-22(28(20)2)29-10-9-23(13-29)16-5-3-4-6-17(16)25-21(23)30/h3-8,11-12,24H,9-10,13H2,1-2H3,(H,25,30). The van der Waals surface area contributed by atoms with Gasteiger partial charge in [0.1, 0.15) is 0 Å². The van der Waals surface area contributed by atoms with E-state index < -0.39 is 5.41 Å². The van der Waals surface area contributed by atoms with Gasteiger partial charge in [-0.15, -0.1) is 10.2 Å². The Hall–Kier alpha value is -3.61. The van der Waals surface area contributed by atoms with E-state index in [0.29, 0.717) is 6.54 Å². The molecule has 1 fully saturated rings. The Morgan fingerprint density at radius 3 is 2.87 bits per heavy atom. The Morgan fingerprint density at radius 1 is 1.10 bits per heavy atom. The highest BCUT2D eigenvalue weighted by molar-refractivity contribution is 6.07. The van der Waals surface area contributed by atoms with Crippen LogP contribution in [0.5, 0.6) is 0 Å². The van der Waals surface area contributed by atoms with Gasteiger partial charge in [-0.1, -0.05) is 30.3 Å². The van der Waals surface area contributed by atoms with Crippen LogP contribution in [0.1, 0.15) is 17.5 Å². The van der Waals surface area contributed by atoms with E-state index in [-0.39, 0.29) is 5.91 Å². The zero-order valence-corrected chi connectivity index (χ0v) is 16.9. The Labute approximate surface area is 173 Å². The summed E-state index contributed by atoms with van der Waals surface area (Å²) in [4.78, 5) is 18.5. The van der Waals surface area contributed by atoms with E-state index in [0.717, 1.165) is 52.6 Å². The quantitative estimate of drug-likeness (QED) is 0.543. The van der Waals surface area contributed by atoms with Gasteiger partial charge in [-0.3, -0.25) is 9.36 Å². The van der Waals surface area contributed by atoms with E-state index in [1.807, 2.05) is 29.8 Å². The largest absolute Gasteiger partial charge is 0.352 e. The number of aryl methyl sites for hydroxylation is 1. The van der Waals surface area contributed by atoms with Gasteiger partial charge in [0.05, 0.1) is 11.1 Å². The molecule has 7 heteroatoms. The predicted octanol–water partition coefficient (Wildman–Crippen LogP) is 3.37. The van der Waals surface area contributed by atoms with Crippen LogP contribution in [-0.2, 0) is 17.3 Å². The zero-order chi connectivity index (χ0) is 20.5. The van der Waals surface area contributed by atoms with Crippen molar-refractivity contribution in [2.75, 3.05) is 23.3 Å². The number of carbonyl (C=O) groups excluding carboxylic acids is 1. The summed E-state index contributed by atoms with van der Waals surface area (Å²) < 4.78 is 2.01. The first-order valence-electron chi connectivity index (χ1n) is 10.2. The van der Waals surface area contributed by atoms with Gasteiger partial charge in [-0.05, 0) is 42.7 Å². The van der Waals surface area contributed by atoms with E-state index in [9.17, 15) is 4.79 Å². The maximum Gasteiger partial charge on any atom is 0.236 e. The van der Waals surface area contributed by atoms with Crippen molar-refractivity contribution >= 4 is 28.4 Å². The number of carbonyl (C=O) groups is 1. The molecule has 2 aliphatic heterocycles. The molecule has 0 aliphatic carbocycles. The van der Waals surface area contributed by atoms with Gasteiger partial charge in [0.25, 0.3) is 0 Å². The van der Waals surface area contributed by atoms with Crippen molar-refractivity contribution in [3.63, 3.8) is 0 Å². The van der Waals surface area contributed by atoms with Crippen LogP contribution in [0.15, 0.2) is 48.5 Å². The molecule has 1 atom stereocenters. The molecule has 1 unspecified atom stereocenters.